The molecule has 1 aromatic heterocycles. The first-order chi connectivity index (χ1) is 18.1. The minimum absolute atomic E-state index is 0.0481. The van der Waals surface area contributed by atoms with E-state index in [1.165, 1.54) is 0 Å². The van der Waals surface area contributed by atoms with Gasteiger partial charge >= 0.3 is 6.09 Å². The highest BCUT2D eigenvalue weighted by atomic mass is 16.6. The maximum Gasteiger partial charge on any atom is 0.410 e. The Morgan fingerprint density at radius 1 is 1.29 bits per heavy atom. The zero-order valence-corrected chi connectivity index (χ0v) is 22.5. The monoisotopic (exact) mass is 518 g/mol. The third-order valence-electron chi connectivity index (χ3n) is 6.18. The fraction of sp³-hybridized carbons (Fsp3) is 0.448. The van der Waals surface area contributed by atoms with Gasteiger partial charge in [-0.1, -0.05) is 23.4 Å². The predicted octanol–water partition coefficient (Wildman–Crippen LogP) is 6.35. The van der Waals surface area contributed by atoms with E-state index in [9.17, 15) is 9.90 Å². The van der Waals surface area contributed by atoms with E-state index in [-0.39, 0.29) is 25.3 Å². The summed E-state index contributed by atoms with van der Waals surface area (Å²) in [7, 11) is 0. The summed E-state index contributed by atoms with van der Waals surface area (Å²) in [6, 6.07) is 10.9. The molecule has 3 aromatic rings. The minimum Gasteiger partial charge on any atom is -0.502 e. The van der Waals surface area contributed by atoms with Gasteiger partial charge in [0.15, 0.2) is 0 Å². The first kappa shape index (κ1) is 27.1. The number of benzene rings is 2. The molecule has 0 radical (unpaired) electrons. The van der Waals surface area contributed by atoms with Crippen LogP contribution in [0.4, 0.5) is 10.5 Å². The standard InChI is InChI=1S/C29H34N4O5/c1-18(2)36-25-14-13-19(17-23(25)30-6)27-31-26(32-38-27)22-11-7-10-21-20(22)9-8-12-24(21)33(15-16-34)28(35)37-29(3,4)5/h7,10-11,13-14,17-18,24,34H,8-9,12,15-16H2,1-5H3/t24-/m0/s1. The molecule has 4 rings (SSSR count). The molecule has 0 spiro atoms. The van der Waals surface area contributed by atoms with Crippen LogP contribution >= 0.6 is 0 Å². The van der Waals surface area contributed by atoms with Crippen LogP contribution in [0, 0.1) is 6.57 Å². The van der Waals surface area contributed by atoms with Gasteiger partial charge in [0.1, 0.15) is 11.4 Å². The molecule has 9 heteroatoms. The predicted molar refractivity (Wildman–Crippen MR) is 143 cm³/mol. The van der Waals surface area contributed by atoms with E-state index in [2.05, 4.69) is 15.0 Å². The van der Waals surface area contributed by atoms with E-state index < -0.39 is 11.7 Å². The summed E-state index contributed by atoms with van der Waals surface area (Å²) < 4.78 is 17.0. The molecule has 0 aliphatic heterocycles. The molecule has 0 bridgehead atoms. The van der Waals surface area contributed by atoms with Crippen LogP contribution < -0.4 is 4.74 Å². The molecular weight excluding hydrogens is 484 g/mol. The number of carbonyl (C=O) groups excluding carboxylic acids is 1. The largest absolute Gasteiger partial charge is 0.502 e. The van der Waals surface area contributed by atoms with E-state index in [4.69, 9.17) is 20.6 Å². The minimum atomic E-state index is -0.641. The van der Waals surface area contributed by atoms with E-state index >= 15 is 0 Å². The van der Waals surface area contributed by atoms with Crippen molar-refractivity contribution in [1.29, 1.82) is 0 Å². The van der Waals surface area contributed by atoms with Gasteiger partial charge in [0.25, 0.3) is 5.89 Å². The SMILES string of the molecule is [C-]#[N+]c1cc(-c2nc(-c3cccc4c3CCC[C@@H]4N(CCO)C(=O)OC(C)(C)C)no2)ccc1OC(C)C. The van der Waals surface area contributed by atoms with Crippen molar-refractivity contribution in [2.24, 2.45) is 0 Å². The van der Waals surface area contributed by atoms with Gasteiger partial charge < -0.3 is 19.1 Å². The fourth-order valence-corrected chi connectivity index (χ4v) is 4.70. The molecule has 0 saturated heterocycles. The van der Waals surface area contributed by atoms with Crippen LogP contribution in [-0.4, -0.2) is 51.1 Å². The number of fused-ring (bicyclic) bond motifs is 1. The molecule has 2 aromatic carbocycles. The zero-order chi connectivity index (χ0) is 27.4. The third kappa shape index (κ3) is 5.97. The lowest BCUT2D eigenvalue weighted by Crippen LogP contribution is -2.42. The molecule has 9 nitrogen and oxygen atoms in total. The smallest absolute Gasteiger partial charge is 0.410 e. The Balaban J connectivity index is 1.67. The summed E-state index contributed by atoms with van der Waals surface area (Å²) in [4.78, 5) is 22.9. The normalized spacial score (nSPS) is 15.1. The van der Waals surface area contributed by atoms with Gasteiger partial charge in [-0.25, -0.2) is 9.64 Å². The van der Waals surface area contributed by atoms with Crippen LogP contribution in [0.1, 0.15) is 64.6 Å². The fourth-order valence-electron chi connectivity index (χ4n) is 4.70. The van der Waals surface area contributed by atoms with Crippen LogP contribution in [0.2, 0.25) is 0 Å². The average molecular weight is 519 g/mol. The molecule has 0 unspecified atom stereocenters. The van der Waals surface area contributed by atoms with Gasteiger partial charge in [-0.3, -0.25) is 4.90 Å². The first-order valence-corrected chi connectivity index (χ1v) is 12.9. The number of carbonyl (C=O) groups is 1. The second-order valence-electron chi connectivity index (χ2n) is 10.6. The van der Waals surface area contributed by atoms with Gasteiger partial charge in [0.05, 0.1) is 25.3 Å². The van der Waals surface area contributed by atoms with Crippen LogP contribution in [0.3, 0.4) is 0 Å². The zero-order valence-electron chi connectivity index (χ0n) is 22.5. The van der Waals surface area contributed by atoms with E-state index in [0.717, 1.165) is 36.0 Å². The average Bonchev–Trinajstić information content (AvgIpc) is 3.35. The highest BCUT2D eigenvalue weighted by molar-refractivity contribution is 5.72. The third-order valence-corrected chi connectivity index (χ3v) is 6.18. The first-order valence-electron chi connectivity index (χ1n) is 12.9. The topological polar surface area (TPSA) is 102 Å². The molecule has 1 aliphatic carbocycles. The lowest BCUT2D eigenvalue weighted by atomic mass is 9.84. The molecule has 1 aliphatic rings. The lowest BCUT2D eigenvalue weighted by Gasteiger charge is -2.37. The summed E-state index contributed by atoms with van der Waals surface area (Å²) in [5.41, 5.74) is 3.24. The van der Waals surface area contributed by atoms with Crippen molar-refractivity contribution < 1.29 is 23.9 Å². The quantitative estimate of drug-likeness (QED) is 0.364. The van der Waals surface area contributed by atoms with Gasteiger partial charge in [0.2, 0.25) is 11.5 Å². The molecule has 1 atom stereocenters. The Hall–Kier alpha value is -3.90. The summed E-state index contributed by atoms with van der Waals surface area (Å²) >= 11 is 0. The van der Waals surface area contributed by atoms with Gasteiger partial charge in [0, 0.05) is 17.7 Å². The number of aliphatic hydroxyl groups is 1. The number of hydrogen-bond donors (Lipinski definition) is 1. The van der Waals surface area contributed by atoms with E-state index in [0.29, 0.717) is 28.7 Å². The molecular formula is C29H34N4O5. The number of rotatable bonds is 7. The van der Waals surface area contributed by atoms with Crippen molar-refractivity contribution >= 4 is 11.8 Å². The molecule has 0 saturated carbocycles. The molecule has 38 heavy (non-hydrogen) atoms. The Bertz CT molecular complexity index is 1340. The van der Waals surface area contributed by atoms with Crippen molar-refractivity contribution in [2.75, 3.05) is 13.2 Å². The van der Waals surface area contributed by atoms with E-state index in [1.807, 2.05) is 52.8 Å². The Morgan fingerprint density at radius 2 is 2.08 bits per heavy atom. The van der Waals surface area contributed by atoms with Crippen LogP contribution in [0.25, 0.3) is 27.7 Å². The molecule has 200 valence electrons. The number of hydrogen-bond acceptors (Lipinski definition) is 7. The number of aliphatic hydroxyl groups excluding tert-OH is 1. The van der Waals surface area contributed by atoms with Crippen LogP contribution in [-0.2, 0) is 11.2 Å². The van der Waals surface area contributed by atoms with Crippen molar-refractivity contribution in [3.05, 3.63) is 58.9 Å². The van der Waals surface area contributed by atoms with Gasteiger partial charge in [-0.05, 0) is 83.2 Å². The maximum absolute atomic E-state index is 13.0. The second-order valence-corrected chi connectivity index (χ2v) is 10.6. The molecule has 1 N–H and O–H groups in total. The molecule has 0 fully saturated rings. The second kappa shape index (κ2) is 11.2. The number of ether oxygens (including phenoxy) is 2. The Morgan fingerprint density at radius 3 is 2.76 bits per heavy atom. The van der Waals surface area contributed by atoms with E-state index in [1.54, 1.807) is 23.1 Å². The van der Waals surface area contributed by atoms with Crippen LogP contribution in [0.5, 0.6) is 5.75 Å². The van der Waals surface area contributed by atoms with Crippen molar-refractivity contribution in [1.82, 2.24) is 15.0 Å². The van der Waals surface area contributed by atoms with Crippen molar-refractivity contribution in [3.63, 3.8) is 0 Å². The van der Waals surface area contributed by atoms with Crippen molar-refractivity contribution in [2.45, 2.75) is 71.6 Å². The molecule has 1 amide bonds. The van der Waals surface area contributed by atoms with Gasteiger partial charge in [-0.2, -0.15) is 4.98 Å². The number of aromatic nitrogens is 2. The van der Waals surface area contributed by atoms with Gasteiger partial charge in [-0.15, -0.1) is 0 Å². The van der Waals surface area contributed by atoms with Crippen LogP contribution in [0.15, 0.2) is 40.9 Å². The summed E-state index contributed by atoms with van der Waals surface area (Å²) in [6.07, 6.45) is 1.92. The Kier molecular flexibility index (Phi) is 8.02. The summed E-state index contributed by atoms with van der Waals surface area (Å²) in [6.45, 7) is 16.8. The summed E-state index contributed by atoms with van der Waals surface area (Å²) in [5.74, 6) is 1.26. The highest BCUT2D eigenvalue weighted by Gasteiger charge is 2.33. The maximum atomic E-state index is 13.0. The summed E-state index contributed by atoms with van der Waals surface area (Å²) in [5, 5.41) is 13.9. The lowest BCUT2D eigenvalue weighted by molar-refractivity contribution is 0.0101. The number of nitrogens with zero attached hydrogens (tertiary/aromatic N) is 4. The Labute approximate surface area is 223 Å². The molecule has 1 heterocycles. The van der Waals surface area contributed by atoms with Crippen molar-refractivity contribution in [3.8, 4) is 28.6 Å². The number of amides is 1. The highest BCUT2D eigenvalue weighted by Crippen LogP contribution is 2.40.